The molecule has 0 fully saturated rings. The van der Waals surface area contributed by atoms with Crippen LogP contribution in [0.15, 0.2) is 36.4 Å². The summed E-state index contributed by atoms with van der Waals surface area (Å²) >= 11 is 17.0. The number of hydrogen-bond donors (Lipinski definition) is 1. The van der Waals surface area contributed by atoms with Crippen LogP contribution in [0.4, 0.5) is 0 Å². The third-order valence-corrected chi connectivity index (χ3v) is 3.75. The second-order valence-electron chi connectivity index (χ2n) is 4.48. The zero-order valence-corrected chi connectivity index (χ0v) is 14.3. The van der Waals surface area contributed by atoms with Crippen molar-refractivity contribution in [3.05, 3.63) is 57.6 Å². The van der Waals surface area contributed by atoms with Gasteiger partial charge in [-0.3, -0.25) is 0 Å². The molecule has 0 unspecified atom stereocenters. The molecule has 2 aromatic carbocycles. The van der Waals surface area contributed by atoms with E-state index >= 15 is 0 Å². The van der Waals surface area contributed by atoms with Gasteiger partial charge in [-0.15, -0.1) is 0 Å². The summed E-state index contributed by atoms with van der Waals surface area (Å²) in [5.74, 6) is 1.20. The Labute approximate surface area is 144 Å². The summed E-state index contributed by atoms with van der Waals surface area (Å²) in [4.78, 5) is 0.313. The van der Waals surface area contributed by atoms with Crippen LogP contribution in [-0.2, 0) is 6.61 Å². The lowest BCUT2D eigenvalue weighted by atomic mass is 10.2. The van der Waals surface area contributed by atoms with E-state index in [1.807, 2.05) is 13.0 Å². The number of hydrogen-bond acceptors (Lipinski definition) is 3. The Balaban J connectivity index is 2.19. The van der Waals surface area contributed by atoms with Gasteiger partial charge in [0.1, 0.15) is 11.6 Å². The van der Waals surface area contributed by atoms with Gasteiger partial charge in [0.05, 0.1) is 6.61 Å². The lowest BCUT2D eigenvalue weighted by Crippen LogP contribution is -2.10. The van der Waals surface area contributed by atoms with E-state index in [0.29, 0.717) is 39.7 Å². The topological polar surface area (TPSA) is 44.5 Å². The summed E-state index contributed by atoms with van der Waals surface area (Å²) in [7, 11) is 0. The van der Waals surface area contributed by atoms with Crippen LogP contribution in [0.2, 0.25) is 10.0 Å². The van der Waals surface area contributed by atoms with Crippen LogP contribution >= 0.6 is 35.4 Å². The first kappa shape index (κ1) is 16.9. The molecule has 0 radical (unpaired) electrons. The van der Waals surface area contributed by atoms with Crippen LogP contribution in [-0.4, -0.2) is 11.6 Å². The Hall–Kier alpha value is -1.49. The van der Waals surface area contributed by atoms with Gasteiger partial charge in [0, 0.05) is 21.2 Å². The van der Waals surface area contributed by atoms with Crippen molar-refractivity contribution in [2.45, 2.75) is 13.5 Å². The minimum absolute atomic E-state index is 0.308. The van der Waals surface area contributed by atoms with Gasteiger partial charge in [-0.1, -0.05) is 41.5 Å². The number of thiocarbonyl (C=S) groups is 1. The normalized spacial score (nSPS) is 10.3. The van der Waals surface area contributed by atoms with E-state index in [0.717, 1.165) is 11.1 Å². The second-order valence-corrected chi connectivity index (χ2v) is 5.77. The molecular formula is C16H15Cl2NO2S. The van der Waals surface area contributed by atoms with Crippen LogP contribution in [0.5, 0.6) is 11.5 Å². The lowest BCUT2D eigenvalue weighted by molar-refractivity contribution is 0.269. The van der Waals surface area contributed by atoms with Crippen molar-refractivity contribution in [1.82, 2.24) is 0 Å². The fourth-order valence-electron chi connectivity index (χ4n) is 1.84. The fourth-order valence-corrected chi connectivity index (χ4v) is 2.43. The molecule has 2 aromatic rings. The van der Waals surface area contributed by atoms with Crippen LogP contribution in [0.25, 0.3) is 0 Å². The van der Waals surface area contributed by atoms with Crippen LogP contribution in [0.1, 0.15) is 18.1 Å². The summed E-state index contributed by atoms with van der Waals surface area (Å²) in [5.41, 5.74) is 7.20. The molecule has 22 heavy (non-hydrogen) atoms. The molecule has 0 aromatic heterocycles. The van der Waals surface area contributed by atoms with Crippen molar-refractivity contribution >= 4 is 40.4 Å². The first-order valence-corrected chi connectivity index (χ1v) is 7.81. The monoisotopic (exact) mass is 355 g/mol. The average Bonchev–Trinajstić information content (AvgIpc) is 2.47. The molecule has 0 aliphatic rings. The third-order valence-electron chi connectivity index (χ3n) is 2.93. The molecule has 6 heteroatoms. The Morgan fingerprint density at radius 2 is 1.86 bits per heavy atom. The van der Waals surface area contributed by atoms with Gasteiger partial charge >= 0.3 is 0 Å². The van der Waals surface area contributed by atoms with Crippen molar-refractivity contribution in [3.63, 3.8) is 0 Å². The minimum Gasteiger partial charge on any atom is -0.490 e. The largest absolute Gasteiger partial charge is 0.490 e. The van der Waals surface area contributed by atoms with Gasteiger partial charge < -0.3 is 15.2 Å². The predicted molar refractivity (Wildman–Crippen MR) is 94.3 cm³/mol. The Kier molecular flexibility index (Phi) is 5.89. The summed E-state index contributed by atoms with van der Waals surface area (Å²) in [6.45, 7) is 2.72. The Morgan fingerprint density at radius 3 is 2.50 bits per heavy atom. The lowest BCUT2D eigenvalue weighted by Gasteiger charge is -2.14. The molecule has 3 nitrogen and oxygen atoms in total. The molecule has 2 N–H and O–H groups in total. The van der Waals surface area contributed by atoms with Gasteiger partial charge in [-0.2, -0.15) is 0 Å². The molecule has 0 saturated heterocycles. The van der Waals surface area contributed by atoms with E-state index in [2.05, 4.69) is 0 Å². The molecule has 0 bridgehead atoms. The number of benzene rings is 2. The van der Waals surface area contributed by atoms with Crippen molar-refractivity contribution in [2.75, 3.05) is 6.61 Å². The maximum absolute atomic E-state index is 6.13. The van der Waals surface area contributed by atoms with E-state index in [-0.39, 0.29) is 0 Å². The molecule has 0 heterocycles. The zero-order chi connectivity index (χ0) is 16.1. The highest BCUT2D eigenvalue weighted by Gasteiger charge is 2.09. The maximum atomic E-state index is 6.13. The van der Waals surface area contributed by atoms with Crippen LogP contribution in [0.3, 0.4) is 0 Å². The van der Waals surface area contributed by atoms with Crippen molar-refractivity contribution < 1.29 is 9.47 Å². The third kappa shape index (κ3) is 4.26. The minimum atomic E-state index is 0.308. The standard InChI is InChI=1S/C16H15Cl2NO2S/c1-2-20-15-7-10(16(19)22)4-6-14(15)21-9-11-3-5-12(17)8-13(11)18/h3-8H,2,9H2,1H3,(H2,19,22). The average molecular weight is 356 g/mol. The van der Waals surface area contributed by atoms with E-state index in [1.54, 1.807) is 30.3 Å². The van der Waals surface area contributed by atoms with Crippen LogP contribution < -0.4 is 15.2 Å². The van der Waals surface area contributed by atoms with Gasteiger partial charge in [-0.05, 0) is 37.3 Å². The highest BCUT2D eigenvalue weighted by Crippen LogP contribution is 2.30. The summed E-state index contributed by atoms with van der Waals surface area (Å²) in [6, 6.07) is 10.6. The van der Waals surface area contributed by atoms with Gasteiger partial charge in [0.2, 0.25) is 0 Å². The van der Waals surface area contributed by atoms with E-state index in [9.17, 15) is 0 Å². The summed E-state index contributed by atoms with van der Waals surface area (Å²) < 4.78 is 11.4. The highest BCUT2D eigenvalue weighted by atomic mass is 35.5. The number of rotatable bonds is 6. The van der Waals surface area contributed by atoms with Gasteiger partial charge in [-0.25, -0.2) is 0 Å². The van der Waals surface area contributed by atoms with Crippen molar-refractivity contribution in [1.29, 1.82) is 0 Å². The van der Waals surface area contributed by atoms with E-state index < -0.39 is 0 Å². The highest BCUT2D eigenvalue weighted by molar-refractivity contribution is 7.80. The molecule has 0 saturated carbocycles. The molecule has 116 valence electrons. The smallest absolute Gasteiger partial charge is 0.161 e. The molecular weight excluding hydrogens is 341 g/mol. The van der Waals surface area contributed by atoms with E-state index in [4.69, 9.17) is 50.6 Å². The van der Waals surface area contributed by atoms with Gasteiger partial charge in [0.25, 0.3) is 0 Å². The molecule has 2 rings (SSSR count). The quantitative estimate of drug-likeness (QED) is 0.768. The van der Waals surface area contributed by atoms with Crippen LogP contribution in [0, 0.1) is 0 Å². The molecule has 0 amide bonds. The maximum Gasteiger partial charge on any atom is 0.161 e. The molecule has 0 spiro atoms. The number of ether oxygens (including phenoxy) is 2. The molecule has 0 aliphatic carbocycles. The van der Waals surface area contributed by atoms with Gasteiger partial charge in [0.15, 0.2) is 11.5 Å². The molecule has 0 atom stereocenters. The fraction of sp³-hybridized carbons (Fsp3) is 0.188. The first-order valence-electron chi connectivity index (χ1n) is 6.64. The SMILES string of the molecule is CCOc1cc(C(N)=S)ccc1OCc1ccc(Cl)cc1Cl. The Bertz CT molecular complexity index is 692. The van der Waals surface area contributed by atoms with Crippen molar-refractivity contribution in [2.24, 2.45) is 5.73 Å². The number of nitrogens with two attached hydrogens (primary N) is 1. The Morgan fingerprint density at radius 1 is 1.09 bits per heavy atom. The first-order chi connectivity index (χ1) is 10.5. The second kappa shape index (κ2) is 7.68. The predicted octanol–water partition coefficient (Wildman–Crippen LogP) is 4.61. The van der Waals surface area contributed by atoms with E-state index in [1.165, 1.54) is 0 Å². The molecule has 0 aliphatic heterocycles. The number of halogens is 2. The summed E-state index contributed by atoms with van der Waals surface area (Å²) in [6.07, 6.45) is 0. The van der Waals surface area contributed by atoms with Crippen molar-refractivity contribution in [3.8, 4) is 11.5 Å². The zero-order valence-electron chi connectivity index (χ0n) is 11.9. The summed E-state index contributed by atoms with van der Waals surface area (Å²) in [5, 5.41) is 1.15.